The first-order chi connectivity index (χ1) is 12.0. The van der Waals surface area contributed by atoms with Crippen LogP contribution in [0.15, 0.2) is 24.3 Å². The highest BCUT2D eigenvalue weighted by molar-refractivity contribution is 5.98. The van der Waals surface area contributed by atoms with Gasteiger partial charge in [-0.3, -0.25) is 14.9 Å². The Labute approximate surface area is 143 Å². The highest BCUT2D eigenvalue weighted by Crippen LogP contribution is 2.22. The molecule has 0 aliphatic carbocycles. The van der Waals surface area contributed by atoms with Crippen LogP contribution in [0.2, 0.25) is 0 Å². The molecule has 132 valence electrons. The molecule has 9 heteroatoms. The fourth-order valence-electron chi connectivity index (χ4n) is 2.83. The van der Waals surface area contributed by atoms with Crippen molar-refractivity contribution >= 4 is 28.6 Å². The minimum Gasteiger partial charge on any atom is -0.450 e. The van der Waals surface area contributed by atoms with Crippen molar-refractivity contribution in [2.45, 2.75) is 6.92 Å². The van der Waals surface area contributed by atoms with Gasteiger partial charge >= 0.3 is 6.09 Å². The van der Waals surface area contributed by atoms with Gasteiger partial charge in [0.05, 0.1) is 11.5 Å². The van der Waals surface area contributed by atoms with Crippen molar-refractivity contribution in [3.05, 3.63) is 40.1 Å². The molecule has 25 heavy (non-hydrogen) atoms. The van der Waals surface area contributed by atoms with Crippen LogP contribution in [0.25, 0.3) is 10.9 Å². The van der Waals surface area contributed by atoms with Gasteiger partial charge in [0.25, 0.3) is 11.6 Å². The third-order valence-electron chi connectivity index (χ3n) is 4.14. The first-order valence-corrected chi connectivity index (χ1v) is 7.97. The summed E-state index contributed by atoms with van der Waals surface area (Å²) >= 11 is 0. The number of carbonyl (C=O) groups excluding carboxylic acids is 2. The van der Waals surface area contributed by atoms with E-state index in [4.69, 9.17) is 4.74 Å². The number of non-ortho nitro benzene ring substituents is 1. The maximum Gasteiger partial charge on any atom is 0.409 e. The molecule has 1 N–H and O–H groups in total. The van der Waals surface area contributed by atoms with E-state index in [-0.39, 0.29) is 17.7 Å². The third-order valence-corrected chi connectivity index (χ3v) is 4.14. The number of aromatic amines is 1. The zero-order valence-electron chi connectivity index (χ0n) is 13.7. The van der Waals surface area contributed by atoms with E-state index in [0.29, 0.717) is 49.4 Å². The van der Waals surface area contributed by atoms with E-state index in [2.05, 4.69) is 4.98 Å². The molecule has 1 aliphatic rings. The van der Waals surface area contributed by atoms with Gasteiger partial charge in [-0.25, -0.2) is 4.79 Å². The molecule has 9 nitrogen and oxygen atoms in total. The van der Waals surface area contributed by atoms with E-state index >= 15 is 0 Å². The molecular weight excluding hydrogens is 328 g/mol. The number of carbonyl (C=O) groups is 2. The first kappa shape index (κ1) is 16.7. The first-order valence-electron chi connectivity index (χ1n) is 7.97. The summed E-state index contributed by atoms with van der Waals surface area (Å²) in [4.78, 5) is 40.9. The van der Waals surface area contributed by atoms with E-state index < -0.39 is 4.92 Å². The number of fused-ring (bicyclic) bond motifs is 1. The molecule has 0 unspecified atom stereocenters. The average Bonchev–Trinajstić information content (AvgIpc) is 3.04. The Balaban J connectivity index is 1.70. The monoisotopic (exact) mass is 346 g/mol. The van der Waals surface area contributed by atoms with Gasteiger partial charge < -0.3 is 19.5 Å². The Morgan fingerprint density at radius 3 is 2.52 bits per heavy atom. The lowest BCUT2D eigenvalue weighted by Gasteiger charge is -2.33. The summed E-state index contributed by atoms with van der Waals surface area (Å²) in [6.45, 7) is 3.71. The summed E-state index contributed by atoms with van der Waals surface area (Å²) < 4.78 is 4.95. The molecule has 0 spiro atoms. The summed E-state index contributed by atoms with van der Waals surface area (Å²) in [5.74, 6) is -0.192. The number of aromatic nitrogens is 1. The minimum atomic E-state index is -0.470. The number of nitrogens with one attached hydrogen (secondary N) is 1. The van der Waals surface area contributed by atoms with Crippen LogP contribution in [0.3, 0.4) is 0 Å². The quantitative estimate of drug-likeness (QED) is 0.675. The maximum atomic E-state index is 12.6. The van der Waals surface area contributed by atoms with Gasteiger partial charge in [0.15, 0.2) is 0 Å². The number of nitro groups is 1. The number of H-pyrrole nitrogens is 1. The molecule has 1 fully saturated rings. The van der Waals surface area contributed by atoms with E-state index in [0.717, 1.165) is 0 Å². The van der Waals surface area contributed by atoms with Gasteiger partial charge in [-0.15, -0.1) is 0 Å². The van der Waals surface area contributed by atoms with Crippen LogP contribution in [0.5, 0.6) is 0 Å². The van der Waals surface area contributed by atoms with Crippen LogP contribution in [-0.2, 0) is 4.74 Å². The predicted molar refractivity (Wildman–Crippen MR) is 89.5 cm³/mol. The number of nitro benzene ring substituents is 1. The molecule has 1 aliphatic heterocycles. The molecule has 0 bridgehead atoms. The van der Waals surface area contributed by atoms with Gasteiger partial charge in [-0.05, 0) is 19.1 Å². The Morgan fingerprint density at radius 1 is 1.20 bits per heavy atom. The van der Waals surface area contributed by atoms with Gasteiger partial charge in [-0.2, -0.15) is 0 Å². The zero-order valence-corrected chi connectivity index (χ0v) is 13.7. The van der Waals surface area contributed by atoms with Crippen LogP contribution < -0.4 is 0 Å². The Kier molecular flexibility index (Phi) is 4.55. The highest BCUT2D eigenvalue weighted by Gasteiger charge is 2.26. The van der Waals surface area contributed by atoms with Crippen LogP contribution in [0.4, 0.5) is 10.5 Å². The SMILES string of the molecule is CCOC(=O)N1CCN(C(=O)c2cc3cc([N+](=O)[O-])ccc3[nH]2)CC1. The Bertz CT molecular complexity index is 823. The predicted octanol–water partition coefficient (Wildman–Crippen LogP) is 1.99. The number of piperazine rings is 1. The molecule has 1 aromatic carbocycles. The summed E-state index contributed by atoms with van der Waals surface area (Å²) in [6.07, 6.45) is -0.368. The summed E-state index contributed by atoms with van der Waals surface area (Å²) in [5, 5.41) is 11.5. The molecule has 2 heterocycles. The van der Waals surface area contributed by atoms with Crippen molar-refractivity contribution in [3.8, 4) is 0 Å². The topological polar surface area (TPSA) is 109 Å². The smallest absolute Gasteiger partial charge is 0.409 e. The van der Waals surface area contributed by atoms with Crippen molar-refractivity contribution in [3.63, 3.8) is 0 Å². The lowest BCUT2D eigenvalue weighted by Crippen LogP contribution is -2.50. The number of rotatable bonds is 3. The van der Waals surface area contributed by atoms with Crippen molar-refractivity contribution in [2.75, 3.05) is 32.8 Å². The average molecular weight is 346 g/mol. The summed E-state index contributed by atoms with van der Waals surface area (Å²) in [5.41, 5.74) is 1.02. The molecule has 1 aromatic heterocycles. The number of hydrogen-bond acceptors (Lipinski definition) is 5. The Morgan fingerprint density at radius 2 is 1.88 bits per heavy atom. The van der Waals surface area contributed by atoms with Gasteiger partial charge in [0.2, 0.25) is 0 Å². The van der Waals surface area contributed by atoms with Crippen molar-refractivity contribution < 1.29 is 19.2 Å². The molecule has 2 amide bonds. The van der Waals surface area contributed by atoms with Gasteiger partial charge in [0.1, 0.15) is 5.69 Å². The fraction of sp³-hybridized carbons (Fsp3) is 0.375. The fourth-order valence-corrected chi connectivity index (χ4v) is 2.83. The lowest BCUT2D eigenvalue weighted by molar-refractivity contribution is -0.384. The normalized spacial score (nSPS) is 14.6. The number of benzene rings is 1. The minimum absolute atomic E-state index is 0.0199. The molecule has 1 saturated heterocycles. The third kappa shape index (κ3) is 3.39. The van der Waals surface area contributed by atoms with E-state index in [1.807, 2.05) is 0 Å². The van der Waals surface area contributed by atoms with E-state index in [1.54, 1.807) is 28.9 Å². The number of ether oxygens (including phenoxy) is 1. The standard InChI is InChI=1S/C16H18N4O5/c1-2-25-16(22)19-7-5-18(6-8-19)15(21)14-10-11-9-12(20(23)24)3-4-13(11)17-14/h3-4,9-10,17H,2,5-8H2,1H3. The van der Waals surface area contributed by atoms with Crippen molar-refractivity contribution in [2.24, 2.45) is 0 Å². The molecule has 0 atom stereocenters. The van der Waals surface area contributed by atoms with Crippen LogP contribution >= 0.6 is 0 Å². The maximum absolute atomic E-state index is 12.6. The van der Waals surface area contributed by atoms with Crippen LogP contribution in [-0.4, -0.2) is 64.5 Å². The van der Waals surface area contributed by atoms with E-state index in [9.17, 15) is 19.7 Å². The second-order valence-corrected chi connectivity index (χ2v) is 5.69. The number of nitrogens with zero attached hydrogens (tertiary/aromatic N) is 3. The van der Waals surface area contributed by atoms with Gasteiger partial charge in [0, 0.05) is 49.2 Å². The molecular formula is C16H18N4O5. The zero-order chi connectivity index (χ0) is 18.0. The highest BCUT2D eigenvalue weighted by atomic mass is 16.6. The van der Waals surface area contributed by atoms with E-state index in [1.165, 1.54) is 12.1 Å². The molecule has 0 saturated carbocycles. The molecule has 2 aromatic rings. The van der Waals surface area contributed by atoms with Crippen LogP contribution in [0, 0.1) is 10.1 Å². The lowest BCUT2D eigenvalue weighted by atomic mass is 10.2. The largest absolute Gasteiger partial charge is 0.450 e. The van der Waals surface area contributed by atoms with Crippen molar-refractivity contribution in [1.82, 2.24) is 14.8 Å². The second kappa shape index (κ2) is 6.80. The summed E-state index contributed by atoms with van der Waals surface area (Å²) in [7, 11) is 0. The van der Waals surface area contributed by atoms with Crippen molar-refractivity contribution in [1.29, 1.82) is 0 Å². The molecule has 3 rings (SSSR count). The Hall–Kier alpha value is -3.10. The second-order valence-electron chi connectivity index (χ2n) is 5.69. The van der Waals surface area contributed by atoms with Crippen LogP contribution in [0.1, 0.15) is 17.4 Å². The number of hydrogen-bond donors (Lipinski definition) is 1. The molecule has 0 radical (unpaired) electrons. The van der Waals surface area contributed by atoms with Gasteiger partial charge in [-0.1, -0.05) is 0 Å². The summed E-state index contributed by atoms with van der Waals surface area (Å²) in [6, 6.07) is 6.03. The number of amides is 2.